The minimum absolute atomic E-state index is 0.261. The van der Waals surface area contributed by atoms with E-state index in [2.05, 4.69) is 31.9 Å². The molecule has 7 amide bonds. The third kappa shape index (κ3) is 14.6. The SMILES string of the molecule is CC[C@@H](C)[C@@H](NC(=O)[C@@H](CCC(N)=O)NC(=O)[C@H](CO)NC(=O)[C@@H](NC(=O)[C@@H](Cc1ccccc1)NC)[C@@H](C)CC)C(=O)N[C@H](C(N)=O)[C@@H](C)CC. The highest BCUT2D eigenvalue weighted by Crippen LogP contribution is 2.14. The highest BCUT2D eigenvalue weighted by Gasteiger charge is 2.35. The van der Waals surface area contributed by atoms with E-state index >= 15 is 0 Å². The van der Waals surface area contributed by atoms with Crippen molar-refractivity contribution < 1.29 is 38.7 Å². The second-order valence-corrected chi connectivity index (χ2v) is 13.4. The Morgan fingerprint density at radius 1 is 0.615 bits per heavy atom. The lowest BCUT2D eigenvalue weighted by Crippen LogP contribution is -2.61. The van der Waals surface area contributed by atoms with Gasteiger partial charge in [-0.15, -0.1) is 0 Å². The van der Waals surface area contributed by atoms with Crippen LogP contribution in [0.5, 0.6) is 0 Å². The molecule has 1 aromatic rings. The second-order valence-electron chi connectivity index (χ2n) is 13.4. The topological polar surface area (TPSA) is 264 Å². The van der Waals surface area contributed by atoms with Crippen LogP contribution < -0.4 is 43.4 Å². The maximum absolute atomic E-state index is 13.6. The van der Waals surface area contributed by atoms with E-state index in [9.17, 15) is 38.7 Å². The van der Waals surface area contributed by atoms with Crippen molar-refractivity contribution in [1.29, 1.82) is 0 Å². The summed E-state index contributed by atoms with van der Waals surface area (Å²) in [4.78, 5) is 91.0. The van der Waals surface area contributed by atoms with Gasteiger partial charge in [0.25, 0.3) is 0 Å². The summed E-state index contributed by atoms with van der Waals surface area (Å²) in [7, 11) is 1.63. The average Bonchev–Trinajstić information content (AvgIpc) is 3.13. The molecule has 0 aliphatic heterocycles. The average molecular weight is 733 g/mol. The number of benzene rings is 1. The first-order valence-corrected chi connectivity index (χ1v) is 18.0. The predicted octanol–water partition coefficient (Wildman–Crippen LogP) is -0.877. The number of nitrogens with one attached hydrogen (secondary N) is 6. The summed E-state index contributed by atoms with van der Waals surface area (Å²) in [6, 6.07) is 2.50. The van der Waals surface area contributed by atoms with Crippen molar-refractivity contribution in [2.45, 2.75) is 116 Å². The number of aliphatic hydroxyl groups is 1. The van der Waals surface area contributed by atoms with Gasteiger partial charge in [-0.1, -0.05) is 91.1 Å². The summed E-state index contributed by atoms with van der Waals surface area (Å²) in [5.41, 5.74) is 11.8. The molecule has 0 aromatic heterocycles. The molecular weight excluding hydrogens is 672 g/mol. The smallest absolute Gasteiger partial charge is 0.245 e. The molecule has 0 aliphatic rings. The zero-order valence-corrected chi connectivity index (χ0v) is 31.5. The summed E-state index contributed by atoms with van der Waals surface area (Å²) in [6.45, 7) is 9.83. The maximum atomic E-state index is 13.6. The molecule has 1 rings (SSSR count). The molecule has 9 atom stereocenters. The molecule has 0 spiro atoms. The van der Waals surface area contributed by atoms with E-state index in [4.69, 9.17) is 11.5 Å². The van der Waals surface area contributed by atoms with Crippen molar-refractivity contribution in [3.05, 3.63) is 35.9 Å². The third-order valence-electron chi connectivity index (χ3n) is 9.48. The van der Waals surface area contributed by atoms with Gasteiger partial charge in [0.2, 0.25) is 41.4 Å². The van der Waals surface area contributed by atoms with Gasteiger partial charge in [-0.2, -0.15) is 0 Å². The van der Waals surface area contributed by atoms with E-state index < -0.39 is 90.1 Å². The quantitative estimate of drug-likeness (QED) is 0.0638. The van der Waals surface area contributed by atoms with Gasteiger partial charge >= 0.3 is 0 Å². The number of primary amides is 2. The summed E-state index contributed by atoms with van der Waals surface area (Å²) >= 11 is 0. The Morgan fingerprint density at radius 3 is 1.48 bits per heavy atom. The van der Waals surface area contributed by atoms with Crippen molar-refractivity contribution >= 4 is 41.4 Å². The number of aliphatic hydroxyl groups excluding tert-OH is 1. The summed E-state index contributed by atoms with van der Waals surface area (Å²) in [6.07, 6.45) is 1.28. The molecule has 16 nitrogen and oxygen atoms in total. The number of rotatable bonds is 24. The van der Waals surface area contributed by atoms with Crippen LogP contribution in [0.2, 0.25) is 0 Å². The van der Waals surface area contributed by atoms with Crippen LogP contribution in [-0.4, -0.2) is 96.4 Å². The second kappa shape index (κ2) is 23.1. The number of carbonyl (C=O) groups excluding carboxylic acids is 7. The number of likely N-dealkylation sites (N-methyl/N-ethyl adjacent to an activating group) is 1. The lowest BCUT2D eigenvalue weighted by molar-refractivity contribution is -0.136. The van der Waals surface area contributed by atoms with Gasteiger partial charge in [-0.3, -0.25) is 33.6 Å². The Labute approximate surface area is 306 Å². The van der Waals surface area contributed by atoms with Gasteiger partial charge in [0.1, 0.15) is 30.2 Å². The van der Waals surface area contributed by atoms with E-state index in [1.54, 1.807) is 34.7 Å². The maximum Gasteiger partial charge on any atom is 0.245 e. The molecule has 11 N–H and O–H groups in total. The fourth-order valence-corrected chi connectivity index (χ4v) is 5.34. The molecule has 0 fully saturated rings. The largest absolute Gasteiger partial charge is 0.394 e. The van der Waals surface area contributed by atoms with E-state index in [1.807, 2.05) is 44.2 Å². The lowest BCUT2D eigenvalue weighted by atomic mass is 9.94. The van der Waals surface area contributed by atoms with E-state index in [1.165, 1.54) is 0 Å². The standard InChI is InChI=1S/C36H60N8O8/c1-8-20(4)28(31(38)47)42-36(52)30(22(6)10-3)43-32(48)24(16-17-27(37)46)40-34(50)26(19-45)41-35(51)29(21(5)9-2)44-33(49)25(39-7)18-23-14-12-11-13-15-23/h11-15,20-22,24-26,28-30,39,45H,8-10,16-19H2,1-7H3,(H2,37,46)(H2,38,47)(H,40,50)(H,41,51)(H,42,52)(H,43,48)(H,44,49)/t20-,21-,22+,24+,25+,26-,28-,29-,30+/m0/s1. The Bertz CT molecular complexity index is 1350. The van der Waals surface area contributed by atoms with Crippen molar-refractivity contribution in [2.75, 3.05) is 13.7 Å². The van der Waals surface area contributed by atoms with E-state index in [-0.39, 0.29) is 24.7 Å². The Hall–Kier alpha value is -4.57. The zero-order valence-electron chi connectivity index (χ0n) is 31.5. The highest BCUT2D eigenvalue weighted by atomic mass is 16.3. The highest BCUT2D eigenvalue weighted by molar-refractivity contribution is 5.97. The van der Waals surface area contributed by atoms with Gasteiger partial charge < -0.3 is 48.5 Å². The van der Waals surface area contributed by atoms with Crippen LogP contribution in [0.1, 0.15) is 79.2 Å². The fraction of sp³-hybridized carbons (Fsp3) is 0.639. The van der Waals surface area contributed by atoms with E-state index in [0.29, 0.717) is 25.7 Å². The normalized spacial score (nSPS) is 16.3. The predicted molar refractivity (Wildman–Crippen MR) is 196 cm³/mol. The molecule has 292 valence electrons. The van der Waals surface area contributed by atoms with Crippen LogP contribution in [0.15, 0.2) is 30.3 Å². The first-order chi connectivity index (χ1) is 24.5. The number of amides is 7. The number of nitrogens with two attached hydrogens (primary N) is 2. The third-order valence-corrected chi connectivity index (χ3v) is 9.48. The first kappa shape index (κ1) is 45.5. The van der Waals surface area contributed by atoms with Gasteiger partial charge in [-0.05, 0) is 43.2 Å². The Balaban J connectivity index is 3.20. The van der Waals surface area contributed by atoms with Crippen LogP contribution in [0.25, 0.3) is 0 Å². The molecule has 0 saturated heterocycles. The minimum atomic E-state index is -1.55. The monoisotopic (exact) mass is 732 g/mol. The molecule has 1 aromatic carbocycles. The first-order valence-electron chi connectivity index (χ1n) is 18.0. The van der Waals surface area contributed by atoms with Gasteiger partial charge in [0, 0.05) is 6.42 Å². The van der Waals surface area contributed by atoms with Crippen molar-refractivity contribution in [1.82, 2.24) is 31.9 Å². The molecule has 0 radical (unpaired) electrons. The van der Waals surface area contributed by atoms with Crippen molar-refractivity contribution in [3.63, 3.8) is 0 Å². The molecule has 0 heterocycles. The molecule has 0 unspecified atom stereocenters. The summed E-state index contributed by atoms with van der Waals surface area (Å²) in [5.74, 6) is -6.18. The summed E-state index contributed by atoms with van der Waals surface area (Å²) < 4.78 is 0. The Morgan fingerprint density at radius 2 is 1.04 bits per heavy atom. The van der Waals surface area contributed by atoms with Crippen LogP contribution >= 0.6 is 0 Å². The van der Waals surface area contributed by atoms with Gasteiger partial charge in [0.05, 0.1) is 12.6 Å². The lowest BCUT2D eigenvalue weighted by Gasteiger charge is -2.30. The molecule has 0 saturated carbocycles. The van der Waals surface area contributed by atoms with Crippen molar-refractivity contribution in [3.8, 4) is 0 Å². The molecule has 52 heavy (non-hydrogen) atoms. The van der Waals surface area contributed by atoms with Gasteiger partial charge in [0.15, 0.2) is 0 Å². The van der Waals surface area contributed by atoms with Gasteiger partial charge in [-0.25, -0.2) is 0 Å². The number of carbonyl (C=O) groups is 7. The van der Waals surface area contributed by atoms with E-state index in [0.717, 1.165) is 5.56 Å². The van der Waals surface area contributed by atoms with Crippen molar-refractivity contribution in [2.24, 2.45) is 29.2 Å². The fourth-order valence-electron chi connectivity index (χ4n) is 5.34. The van der Waals surface area contributed by atoms with Crippen LogP contribution in [0, 0.1) is 17.8 Å². The zero-order chi connectivity index (χ0) is 39.5. The molecule has 16 heteroatoms. The Kier molecular flexibility index (Phi) is 20.2. The summed E-state index contributed by atoms with van der Waals surface area (Å²) in [5, 5.41) is 26.0. The van der Waals surface area contributed by atoms with Crippen LogP contribution in [0.4, 0.5) is 0 Å². The number of hydrogen-bond acceptors (Lipinski definition) is 9. The van der Waals surface area contributed by atoms with Crippen LogP contribution in [-0.2, 0) is 40.0 Å². The molecule has 0 aliphatic carbocycles. The molecular formula is C36H60N8O8. The minimum Gasteiger partial charge on any atom is -0.394 e. The van der Waals surface area contributed by atoms with Crippen LogP contribution in [0.3, 0.4) is 0 Å². The molecule has 0 bridgehead atoms. The number of hydrogen-bond donors (Lipinski definition) is 9.